The lowest BCUT2D eigenvalue weighted by molar-refractivity contribution is -0.179. The highest BCUT2D eigenvalue weighted by Crippen LogP contribution is 2.57. The second kappa shape index (κ2) is 4.80. The molecule has 2 aromatic rings. The third kappa shape index (κ3) is 2.08. The topological polar surface area (TPSA) is 27.1 Å². The van der Waals surface area contributed by atoms with Crippen LogP contribution in [-0.4, -0.2) is 28.7 Å². The molecule has 0 atom stereocenters. The van der Waals surface area contributed by atoms with E-state index < -0.39 is 11.7 Å². The van der Waals surface area contributed by atoms with E-state index in [-0.39, 0.29) is 25.1 Å². The first-order valence-electron chi connectivity index (χ1n) is 6.62. The van der Waals surface area contributed by atoms with E-state index in [1.165, 1.54) is 11.7 Å². The van der Waals surface area contributed by atoms with Crippen LogP contribution in [0, 0.1) is 0 Å². The first-order chi connectivity index (χ1) is 9.94. The van der Waals surface area contributed by atoms with E-state index in [0.29, 0.717) is 22.6 Å². The van der Waals surface area contributed by atoms with Gasteiger partial charge in [-0.3, -0.25) is 0 Å². The molecule has 7 heteroatoms. The van der Waals surface area contributed by atoms with Crippen molar-refractivity contribution in [2.75, 3.05) is 13.0 Å². The monoisotopic (exact) mass is 318 g/mol. The van der Waals surface area contributed by atoms with Crippen LogP contribution in [0.5, 0.6) is 5.75 Å². The standard InChI is InChI=1S/C14H14ClF3N2O/c1-21-10-4-2-3-9-12(10)19-11(5-8-15)20(9)13(6-7-13)14(16,17)18/h2-4H,5-8H2,1H3. The Morgan fingerprint density at radius 1 is 1.38 bits per heavy atom. The lowest BCUT2D eigenvalue weighted by atomic mass is 10.2. The molecule has 0 aliphatic heterocycles. The molecule has 3 rings (SSSR count). The molecule has 0 N–H and O–H groups in total. The number of imidazole rings is 1. The number of fused-ring (bicyclic) bond motifs is 1. The smallest absolute Gasteiger partial charge is 0.412 e. The summed E-state index contributed by atoms with van der Waals surface area (Å²) in [5.74, 6) is 1.05. The van der Waals surface area contributed by atoms with Crippen molar-refractivity contribution in [3.8, 4) is 5.75 Å². The van der Waals surface area contributed by atoms with Crippen LogP contribution in [0.15, 0.2) is 18.2 Å². The molecule has 0 bridgehead atoms. The summed E-state index contributed by atoms with van der Waals surface area (Å²) in [6.45, 7) is 0. The second-order valence-corrected chi connectivity index (χ2v) is 5.54. The van der Waals surface area contributed by atoms with Crippen LogP contribution in [0.3, 0.4) is 0 Å². The number of benzene rings is 1. The lowest BCUT2D eigenvalue weighted by Gasteiger charge is -2.23. The number of hydrogen-bond donors (Lipinski definition) is 0. The molecule has 1 fully saturated rings. The summed E-state index contributed by atoms with van der Waals surface area (Å²) < 4.78 is 46.9. The van der Waals surface area contributed by atoms with Gasteiger partial charge in [-0.1, -0.05) is 6.07 Å². The number of nitrogens with zero attached hydrogens (tertiary/aromatic N) is 2. The Labute approximate surface area is 124 Å². The van der Waals surface area contributed by atoms with Crippen molar-refractivity contribution >= 4 is 22.6 Å². The fourth-order valence-corrected chi connectivity index (χ4v) is 2.94. The number of ether oxygens (including phenoxy) is 1. The minimum atomic E-state index is -4.30. The highest BCUT2D eigenvalue weighted by atomic mass is 35.5. The molecule has 114 valence electrons. The molecule has 21 heavy (non-hydrogen) atoms. The Morgan fingerprint density at radius 2 is 2.10 bits per heavy atom. The van der Waals surface area contributed by atoms with Gasteiger partial charge in [0, 0.05) is 12.3 Å². The van der Waals surface area contributed by atoms with Gasteiger partial charge in [0.1, 0.15) is 22.6 Å². The summed E-state index contributed by atoms with van der Waals surface area (Å²) in [5.41, 5.74) is -0.935. The lowest BCUT2D eigenvalue weighted by Crippen LogP contribution is -2.36. The van der Waals surface area contributed by atoms with E-state index >= 15 is 0 Å². The highest BCUT2D eigenvalue weighted by molar-refractivity contribution is 6.17. The van der Waals surface area contributed by atoms with Gasteiger partial charge < -0.3 is 9.30 Å². The van der Waals surface area contributed by atoms with Crippen molar-refractivity contribution < 1.29 is 17.9 Å². The van der Waals surface area contributed by atoms with Crippen molar-refractivity contribution in [2.24, 2.45) is 0 Å². The molecule has 3 nitrogen and oxygen atoms in total. The maximum absolute atomic E-state index is 13.5. The van der Waals surface area contributed by atoms with E-state index in [1.807, 2.05) is 0 Å². The number of aryl methyl sites for hydroxylation is 1. The molecule has 1 aromatic heterocycles. The van der Waals surface area contributed by atoms with Gasteiger partial charge in [0.2, 0.25) is 0 Å². The van der Waals surface area contributed by atoms with Crippen molar-refractivity contribution in [1.29, 1.82) is 0 Å². The maximum Gasteiger partial charge on any atom is 0.412 e. The van der Waals surface area contributed by atoms with Gasteiger partial charge in [0.25, 0.3) is 0 Å². The van der Waals surface area contributed by atoms with Gasteiger partial charge in [0.05, 0.1) is 12.6 Å². The summed E-state index contributed by atoms with van der Waals surface area (Å²) in [5, 5.41) is 0. The quantitative estimate of drug-likeness (QED) is 0.800. The Morgan fingerprint density at radius 3 is 2.62 bits per heavy atom. The molecule has 0 unspecified atom stereocenters. The first-order valence-corrected chi connectivity index (χ1v) is 7.15. The molecule has 1 saturated carbocycles. The molecule has 0 amide bonds. The molecular weight excluding hydrogens is 305 g/mol. The van der Waals surface area contributed by atoms with E-state index in [1.54, 1.807) is 18.2 Å². The summed E-state index contributed by atoms with van der Waals surface area (Å²) in [4.78, 5) is 4.35. The van der Waals surface area contributed by atoms with Crippen molar-refractivity contribution in [2.45, 2.75) is 31.0 Å². The number of rotatable bonds is 4. The van der Waals surface area contributed by atoms with Crippen LogP contribution in [0.25, 0.3) is 11.0 Å². The average Bonchev–Trinajstić information content (AvgIpc) is 3.15. The van der Waals surface area contributed by atoms with Crippen LogP contribution in [0.2, 0.25) is 0 Å². The van der Waals surface area contributed by atoms with Gasteiger partial charge in [-0.15, -0.1) is 11.6 Å². The largest absolute Gasteiger partial charge is 0.494 e. The van der Waals surface area contributed by atoms with Crippen molar-refractivity contribution in [1.82, 2.24) is 9.55 Å². The molecule has 1 aromatic carbocycles. The zero-order chi connectivity index (χ0) is 15.3. The van der Waals surface area contributed by atoms with Gasteiger partial charge in [-0.05, 0) is 25.0 Å². The van der Waals surface area contributed by atoms with Gasteiger partial charge in [-0.25, -0.2) is 4.98 Å². The molecule has 0 spiro atoms. The summed E-state index contributed by atoms with van der Waals surface area (Å²) in [6.07, 6.45) is -3.86. The van der Waals surface area contributed by atoms with E-state index in [0.717, 1.165) is 0 Å². The minimum Gasteiger partial charge on any atom is -0.494 e. The van der Waals surface area contributed by atoms with Gasteiger partial charge >= 0.3 is 6.18 Å². The zero-order valence-corrected chi connectivity index (χ0v) is 12.1. The fourth-order valence-electron chi connectivity index (χ4n) is 2.77. The van der Waals surface area contributed by atoms with E-state index in [4.69, 9.17) is 16.3 Å². The molecule has 0 radical (unpaired) electrons. The summed E-state index contributed by atoms with van der Waals surface area (Å²) in [7, 11) is 1.48. The Balaban J connectivity index is 2.28. The summed E-state index contributed by atoms with van der Waals surface area (Å²) >= 11 is 5.73. The average molecular weight is 319 g/mol. The van der Waals surface area contributed by atoms with Gasteiger partial charge in [0.15, 0.2) is 0 Å². The van der Waals surface area contributed by atoms with E-state index in [2.05, 4.69) is 4.98 Å². The third-order valence-electron chi connectivity index (χ3n) is 3.93. The van der Waals surface area contributed by atoms with E-state index in [9.17, 15) is 13.2 Å². The van der Waals surface area contributed by atoms with Crippen LogP contribution >= 0.6 is 11.6 Å². The van der Waals surface area contributed by atoms with Crippen molar-refractivity contribution in [3.63, 3.8) is 0 Å². The van der Waals surface area contributed by atoms with Crippen LogP contribution < -0.4 is 4.74 Å². The molecule has 1 heterocycles. The van der Waals surface area contributed by atoms with Crippen molar-refractivity contribution in [3.05, 3.63) is 24.0 Å². The Bertz CT molecular complexity index is 677. The fraction of sp³-hybridized carbons (Fsp3) is 0.500. The number of halogens is 4. The maximum atomic E-state index is 13.5. The number of methoxy groups -OCH3 is 1. The SMILES string of the molecule is COc1cccc2c1nc(CCCl)n2C1(C(F)(F)F)CC1. The minimum absolute atomic E-state index is 0.0778. The third-order valence-corrected chi connectivity index (χ3v) is 4.12. The van der Waals surface area contributed by atoms with Crippen LogP contribution in [0.4, 0.5) is 13.2 Å². The normalized spacial score (nSPS) is 17.2. The van der Waals surface area contributed by atoms with Crippen LogP contribution in [0.1, 0.15) is 18.7 Å². The molecule has 0 saturated heterocycles. The molecular formula is C14H14ClF3N2O. The zero-order valence-electron chi connectivity index (χ0n) is 11.4. The Kier molecular flexibility index (Phi) is 3.31. The number of alkyl halides is 4. The molecule has 1 aliphatic carbocycles. The van der Waals surface area contributed by atoms with Crippen LogP contribution in [-0.2, 0) is 12.0 Å². The molecule has 1 aliphatic rings. The van der Waals surface area contributed by atoms with Gasteiger partial charge in [-0.2, -0.15) is 13.2 Å². The Hall–Kier alpha value is -1.43. The number of para-hydroxylation sites is 1. The number of aromatic nitrogens is 2. The highest BCUT2D eigenvalue weighted by Gasteiger charge is 2.65. The first kappa shape index (κ1) is 14.5. The summed E-state index contributed by atoms with van der Waals surface area (Å²) in [6, 6.07) is 5.02. The number of hydrogen-bond acceptors (Lipinski definition) is 2. The second-order valence-electron chi connectivity index (χ2n) is 5.16. The predicted molar refractivity (Wildman–Crippen MR) is 74.0 cm³/mol. The predicted octanol–water partition coefficient (Wildman–Crippen LogP) is 3.88.